The summed E-state index contributed by atoms with van der Waals surface area (Å²) >= 11 is 0. The zero-order valence-corrected chi connectivity index (χ0v) is 28.3. The summed E-state index contributed by atoms with van der Waals surface area (Å²) in [5.41, 5.74) is 10.7. The van der Waals surface area contributed by atoms with E-state index in [1.165, 1.54) is 14.2 Å². The molecule has 3 aromatic rings. The Balaban J connectivity index is 0.00000148. The van der Waals surface area contributed by atoms with E-state index < -0.39 is 5.97 Å². The molecule has 1 aliphatic rings. The first-order valence-electron chi connectivity index (χ1n) is 16.0. The lowest BCUT2D eigenvalue weighted by molar-refractivity contribution is -0.126. The molecule has 4 rings (SSSR count). The molecule has 0 saturated carbocycles. The van der Waals surface area contributed by atoms with E-state index in [1.807, 2.05) is 55.5 Å². The summed E-state index contributed by atoms with van der Waals surface area (Å²) in [6, 6.07) is 18.9. The predicted octanol–water partition coefficient (Wildman–Crippen LogP) is 2.92. The molecule has 48 heavy (non-hydrogen) atoms. The lowest BCUT2D eigenvalue weighted by Gasteiger charge is -2.32. The maximum Gasteiger partial charge on any atom is 0.356 e. The van der Waals surface area contributed by atoms with Gasteiger partial charge in [-0.25, -0.2) is 9.78 Å². The molecule has 0 radical (unpaired) electrons. The largest absolute Gasteiger partial charge is 0.471 e. The number of benzene rings is 1. The van der Waals surface area contributed by atoms with Crippen molar-refractivity contribution in [1.82, 2.24) is 19.8 Å². The number of methoxy groups -OCH3 is 2. The van der Waals surface area contributed by atoms with Crippen molar-refractivity contribution >= 4 is 18.1 Å². The average molecular weight is 668 g/mol. The number of carbonyl (C=O) groups excluding carboxylic acids is 2. The topological polar surface area (TPSA) is 148 Å². The molecule has 0 amide bonds. The first kappa shape index (κ1) is 38.5. The minimum atomic E-state index is -0.482. The van der Waals surface area contributed by atoms with Crippen LogP contribution in [0.2, 0.25) is 0 Å². The molecule has 13 heteroatoms. The van der Waals surface area contributed by atoms with Crippen molar-refractivity contribution in [1.29, 1.82) is 0 Å². The van der Waals surface area contributed by atoms with Gasteiger partial charge in [0.15, 0.2) is 0 Å². The van der Waals surface area contributed by atoms with Crippen LogP contribution in [0.3, 0.4) is 0 Å². The number of esters is 1. The Bertz CT molecular complexity index is 1330. The van der Waals surface area contributed by atoms with E-state index in [1.54, 1.807) is 6.07 Å². The second kappa shape index (κ2) is 22.6. The van der Waals surface area contributed by atoms with Gasteiger partial charge in [-0.05, 0) is 48.9 Å². The summed E-state index contributed by atoms with van der Waals surface area (Å²) in [7, 11) is 2.66. The van der Waals surface area contributed by atoms with Gasteiger partial charge < -0.3 is 34.2 Å². The van der Waals surface area contributed by atoms with E-state index in [2.05, 4.69) is 30.6 Å². The minimum absolute atomic E-state index is 0.252. The molecule has 1 saturated heterocycles. The van der Waals surface area contributed by atoms with Crippen LogP contribution >= 0.6 is 0 Å². The monoisotopic (exact) mass is 667 g/mol. The third-order valence-corrected chi connectivity index (χ3v) is 7.38. The van der Waals surface area contributed by atoms with Crippen molar-refractivity contribution in [3.05, 3.63) is 89.0 Å². The maximum absolute atomic E-state index is 12.3. The fourth-order valence-electron chi connectivity index (χ4n) is 5.02. The Morgan fingerprint density at radius 1 is 0.812 bits per heavy atom. The second-order valence-corrected chi connectivity index (χ2v) is 10.9. The van der Waals surface area contributed by atoms with E-state index in [9.17, 15) is 4.79 Å². The van der Waals surface area contributed by atoms with E-state index in [0.29, 0.717) is 78.1 Å². The third kappa shape index (κ3) is 14.0. The number of anilines is 1. The fourth-order valence-corrected chi connectivity index (χ4v) is 5.02. The number of nitrogen functional groups attached to an aromatic ring is 1. The highest BCUT2D eigenvalue weighted by Crippen LogP contribution is 2.28. The third-order valence-electron chi connectivity index (χ3n) is 7.38. The maximum atomic E-state index is 12.3. The molecule has 1 unspecified atom stereocenters. The normalized spacial score (nSPS) is 17.1. The summed E-state index contributed by atoms with van der Waals surface area (Å²) in [6.45, 7) is 9.99. The van der Waals surface area contributed by atoms with Crippen LogP contribution in [0.5, 0.6) is 0 Å². The number of rotatable bonds is 7. The summed E-state index contributed by atoms with van der Waals surface area (Å²) in [5.74, 6) is -0.482. The van der Waals surface area contributed by atoms with Crippen molar-refractivity contribution in [2.24, 2.45) is 0 Å². The average Bonchev–Trinajstić information content (AvgIpc) is 3.10. The quantitative estimate of drug-likeness (QED) is 0.224. The molecule has 3 heterocycles. The van der Waals surface area contributed by atoms with Crippen molar-refractivity contribution in [3.63, 3.8) is 0 Å². The Kier molecular flexibility index (Phi) is 18.1. The first-order valence-corrected chi connectivity index (χ1v) is 16.0. The van der Waals surface area contributed by atoms with Gasteiger partial charge in [0, 0.05) is 44.1 Å². The van der Waals surface area contributed by atoms with Crippen LogP contribution in [0, 0.1) is 6.92 Å². The van der Waals surface area contributed by atoms with E-state index in [-0.39, 0.29) is 11.7 Å². The van der Waals surface area contributed by atoms with Crippen LogP contribution in [0.1, 0.15) is 39.2 Å². The molecule has 0 bridgehead atoms. The Morgan fingerprint density at radius 2 is 1.38 bits per heavy atom. The number of nitrogens with two attached hydrogens (primary N) is 1. The summed E-state index contributed by atoms with van der Waals surface area (Å²) in [6.07, 6.45) is 0. The van der Waals surface area contributed by atoms with Crippen molar-refractivity contribution < 1.29 is 38.0 Å². The van der Waals surface area contributed by atoms with Crippen molar-refractivity contribution in [2.45, 2.75) is 19.5 Å². The Hall–Kier alpha value is -3.98. The molecule has 0 spiro atoms. The van der Waals surface area contributed by atoms with Crippen LogP contribution in [-0.4, -0.2) is 125 Å². The zero-order chi connectivity index (χ0) is 34.4. The van der Waals surface area contributed by atoms with Crippen LogP contribution < -0.4 is 5.73 Å². The van der Waals surface area contributed by atoms with E-state index in [4.69, 9.17) is 34.2 Å². The number of pyridine rings is 2. The molecule has 13 nitrogen and oxygen atoms in total. The van der Waals surface area contributed by atoms with Crippen LogP contribution in [0.4, 0.5) is 5.69 Å². The van der Waals surface area contributed by atoms with Gasteiger partial charge in [-0.15, -0.1) is 0 Å². The SMILES string of the molecule is COC(=O)c1cccc(C(c2ccc(N)cc2)N2CCOCCOCCN(Cc3cccc(C)n3)CCOCCOCC2)n1.COC=O. The fraction of sp³-hybridized carbons (Fsp3) is 0.486. The molecule has 1 atom stereocenters. The molecule has 1 fully saturated rings. The van der Waals surface area contributed by atoms with Crippen molar-refractivity contribution in [3.8, 4) is 0 Å². The summed E-state index contributed by atoms with van der Waals surface area (Å²) in [4.78, 5) is 35.1. The first-order chi connectivity index (χ1) is 23.4. The minimum Gasteiger partial charge on any atom is -0.471 e. The number of hydrogen-bond donors (Lipinski definition) is 1. The van der Waals surface area contributed by atoms with Gasteiger partial charge in [-0.3, -0.25) is 19.6 Å². The second-order valence-electron chi connectivity index (χ2n) is 10.9. The van der Waals surface area contributed by atoms with E-state index >= 15 is 0 Å². The molecule has 2 N–H and O–H groups in total. The smallest absolute Gasteiger partial charge is 0.356 e. The summed E-state index contributed by atoms with van der Waals surface area (Å²) < 4.78 is 32.6. The van der Waals surface area contributed by atoms with Crippen LogP contribution in [0.25, 0.3) is 0 Å². The van der Waals surface area contributed by atoms with Crippen LogP contribution in [0.15, 0.2) is 60.7 Å². The standard InChI is InChI=1S/C33H45N5O6.C2H4O2/c1-26-5-3-6-29(35-26)25-37-13-17-41-21-23-43-19-15-38(16-20-44-24-22-42-18-14-37)32(27-9-11-28(34)12-10-27)30-7-4-8-31(36-30)33(39)40-2;1-4-2-3/h3-12,32H,13-25,34H2,1-2H3;2H,1H3. The van der Waals surface area contributed by atoms with Crippen molar-refractivity contribution in [2.75, 3.05) is 99.0 Å². The predicted molar refractivity (Wildman–Crippen MR) is 180 cm³/mol. The van der Waals surface area contributed by atoms with E-state index in [0.717, 1.165) is 42.3 Å². The van der Waals surface area contributed by atoms with Gasteiger partial charge in [0.1, 0.15) is 5.69 Å². The molecule has 1 aromatic carbocycles. The van der Waals surface area contributed by atoms with Gasteiger partial charge in [-0.2, -0.15) is 0 Å². The lowest BCUT2D eigenvalue weighted by Crippen LogP contribution is -2.36. The molecule has 0 aliphatic carbocycles. The van der Waals surface area contributed by atoms with Gasteiger partial charge in [-0.1, -0.05) is 24.3 Å². The zero-order valence-electron chi connectivity index (χ0n) is 28.3. The molecular weight excluding hydrogens is 618 g/mol. The number of carbonyl (C=O) groups is 2. The van der Waals surface area contributed by atoms with Gasteiger partial charge in [0.05, 0.1) is 84.5 Å². The highest BCUT2D eigenvalue weighted by atomic mass is 16.5. The summed E-state index contributed by atoms with van der Waals surface area (Å²) in [5, 5.41) is 0. The van der Waals surface area contributed by atoms with Gasteiger partial charge in [0.25, 0.3) is 6.47 Å². The van der Waals surface area contributed by atoms with Crippen LogP contribution in [-0.2, 0) is 39.8 Å². The van der Waals surface area contributed by atoms with Gasteiger partial charge in [0.2, 0.25) is 0 Å². The molecular formula is C35H49N5O8. The number of hydrogen-bond acceptors (Lipinski definition) is 13. The Morgan fingerprint density at radius 3 is 1.92 bits per heavy atom. The Labute approximate surface area is 283 Å². The van der Waals surface area contributed by atoms with Gasteiger partial charge >= 0.3 is 5.97 Å². The number of ether oxygens (including phenoxy) is 6. The number of nitrogens with zero attached hydrogens (tertiary/aromatic N) is 4. The molecule has 262 valence electrons. The number of aromatic nitrogens is 2. The lowest BCUT2D eigenvalue weighted by atomic mass is 10.0. The highest BCUT2D eigenvalue weighted by Gasteiger charge is 2.25. The highest BCUT2D eigenvalue weighted by molar-refractivity contribution is 5.87. The molecule has 2 aromatic heterocycles. The number of aryl methyl sites for hydroxylation is 1. The molecule has 1 aliphatic heterocycles.